The van der Waals surface area contributed by atoms with Crippen LogP contribution in [-0.2, 0) is 0 Å². The normalized spacial score (nSPS) is 16.8. The molecule has 2 N–H and O–H groups in total. The number of hydrogen-bond acceptors (Lipinski definition) is 3. The Bertz CT molecular complexity index is 461. The Morgan fingerprint density at radius 3 is 2.83 bits per heavy atom. The van der Waals surface area contributed by atoms with Gasteiger partial charge in [0.25, 0.3) is 11.5 Å². The lowest BCUT2D eigenvalue weighted by Gasteiger charge is -2.31. The summed E-state index contributed by atoms with van der Waals surface area (Å²) in [5.74, 6) is 0.480. The Morgan fingerprint density at radius 1 is 1.50 bits per heavy atom. The van der Waals surface area contributed by atoms with Crippen molar-refractivity contribution in [2.45, 2.75) is 12.8 Å². The summed E-state index contributed by atoms with van der Waals surface area (Å²) in [6.45, 7) is 2.47. The minimum absolute atomic E-state index is 0.153. The van der Waals surface area contributed by atoms with Gasteiger partial charge in [0.05, 0.1) is 0 Å². The molecule has 0 atom stereocenters. The largest absolute Gasteiger partial charge is 0.338 e. The second-order valence-electron chi connectivity index (χ2n) is 4.71. The van der Waals surface area contributed by atoms with Crippen LogP contribution in [0.5, 0.6) is 0 Å². The van der Waals surface area contributed by atoms with Crippen molar-refractivity contribution in [2.24, 2.45) is 5.92 Å². The van der Waals surface area contributed by atoms with Crippen LogP contribution in [0, 0.1) is 5.92 Å². The second-order valence-corrected chi connectivity index (χ2v) is 4.71. The summed E-state index contributed by atoms with van der Waals surface area (Å²) >= 11 is 0. The number of piperidine rings is 1. The molecule has 1 aliphatic heterocycles. The number of aromatic nitrogens is 1. The van der Waals surface area contributed by atoms with Gasteiger partial charge in [0, 0.05) is 19.3 Å². The molecule has 0 radical (unpaired) electrons. The fraction of sp³-hybridized carbons (Fsp3) is 0.538. The molecule has 0 saturated carbocycles. The Morgan fingerprint density at radius 2 is 2.22 bits per heavy atom. The van der Waals surface area contributed by atoms with Gasteiger partial charge in [-0.25, -0.2) is 0 Å². The van der Waals surface area contributed by atoms with Gasteiger partial charge >= 0.3 is 0 Å². The topological polar surface area (TPSA) is 65.2 Å². The highest BCUT2D eigenvalue weighted by Crippen LogP contribution is 2.17. The van der Waals surface area contributed by atoms with Gasteiger partial charge < -0.3 is 15.2 Å². The monoisotopic (exact) mass is 249 g/mol. The van der Waals surface area contributed by atoms with Gasteiger partial charge in [0.15, 0.2) is 0 Å². The van der Waals surface area contributed by atoms with E-state index in [0.29, 0.717) is 5.92 Å². The Balaban J connectivity index is 2.00. The predicted octanol–water partition coefficient (Wildman–Crippen LogP) is 0.446. The molecule has 5 heteroatoms. The van der Waals surface area contributed by atoms with E-state index < -0.39 is 0 Å². The molecule has 1 aromatic heterocycles. The summed E-state index contributed by atoms with van der Waals surface area (Å²) in [4.78, 5) is 28.0. The number of likely N-dealkylation sites (tertiary alicyclic amines) is 1. The van der Waals surface area contributed by atoms with Crippen LogP contribution < -0.4 is 10.9 Å². The molecular weight excluding hydrogens is 230 g/mol. The van der Waals surface area contributed by atoms with Crippen LogP contribution in [-0.4, -0.2) is 42.5 Å². The molecule has 1 amide bonds. The summed E-state index contributed by atoms with van der Waals surface area (Å²) in [6.07, 6.45) is 3.53. The van der Waals surface area contributed by atoms with Crippen LogP contribution in [0.3, 0.4) is 0 Å². The number of nitrogens with zero attached hydrogens (tertiary/aromatic N) is 1. The molecule has 98 valence electrons. The molecule has 1 saturated heterocycles. The van der Waals surface area contributed by atoms with Crippen molar-refractivity contribution in [1.82, 2.24) is 15.2 Å². The van der Waals surface area contributed by atoms with Gasteiger partial charge in [-0.2, -0.15) is 0 Å². The van der Waals surface area contributed by atoms with Crippen LogP contribution in [0.15, 0.2) is 23.1 Å². The van der Waals surface area contributed by atoms with E-state index in [-0.39, 0.29) is 17.0 Å². The average Bonchev–Trinajstić information content (AvgIpc) is 2.40. The molecule has 0 spiro atoms. The lowest BCUT2D eigenvalue weighted by Crippen LogP contribution is -2.42. The number of H-pyrrole nitrogens is 1. The maximum absolute atomic E-state index is 12.2. The van der Waals surface area contributed by atoms with Crippen molar-refractivity contribution in [3.8, 4) is 0 Å². The van der Waals surface area contributed by atoms with Gasteiger partial charge in [-0.05, 0) is 44.5 Å². The van der Waals surface area contributed by atoms with Crippen LogP contribution in [0.1, 0.15) is 23.2 Å². The lowest BCUT2D eigenvalue weighted by molar-refractivity contribution is 0.0689. The van der Waals surface area contributed by atoms with Crippen LogP contribution in [0.4, 0.5) is 0 Å². The summed E-state index contributed by atoms with van der Waals surface area (Å²) in [5.41, 5.74) is -0.0654. The quantitative estimate of drug-likeness (QED) is 0.817. The highest BCUT2D eigenvalue weighted by Gasteiger charge is 2.24. The fourth-order valence-corrected chi connectivity index (χ4v) is 2.39. The number of amides is 1. The summed E-state index contributed by atoms with van der Waals surface area (Å²) in [7, 11) is 1.95. The minimum atomic E-state index is -0.306. The number of rotatable bonds is 3. The van der Waals surface area contributed by atoms with Gasteiger partial charge in [-0.1, -0.05) is 0 Å². The third-order valence-corrected chi connectivity index (χ3v) is 3.44. The minimum Gasteiger partial charge on any atom is -0.338 e. The van der Waals surface area contributed by atoms with Crippen molar-refractivity contribution < 1.29 is 4.79 Å². The molecule has 18 heavy (non-hydrogen) atoms. The molecule has 0 bridgehead atoms. The predicted molar refractivity (Wildman–Crippen MR) is 69.6 cm³/mol. The van der Waals surface area contributed by atoms with E-state index in [4.69, 9.17) is 0 Å². The number of hydrogen-bond donors (Lipinski definition) is 2. The van der Waals surface area contributed by atoms with Gasteiger partial charge in [-0.15, -0.1) is 0 Å². The molecule has 5 nitrogen and oxygen atoms in total. The lowest BCUT2D eigenvalue weighted by atomic mass is 9.96. The molecule has 2 heterocycles. The fourth-order valence-electron chi connectivity index (χ4n) is 2.39. The zero-order chi connectivity index (χ0) is 13.0. The first-order chi connectivity index (χ1) is 8.72. The first-order valence-corrected chi connectivity index (χ1v) is 6.34. The highest BCUT2D eigenvalue weighted by molar-refractivity contribution is 5.93. The molecule has 0 unspecified atom stereocenters. The van der Waals surface area contributed by atoms with Gasteiger partial charge in [0.2, 0.25) is 0 Å². The number of carbonyl (C=O) groups excluding carboxylic acids is 1. The van der Waals surface area contributed by atoms with Gasteiger partial charge in [-0.3, -0.25) is 9.59 Å². The van der Waals surface area contributed by atoms with Gasteiger partial charge in [0.1, 0.15) is 5.56 Å². The van der Waals surface area contributed by atoms with Crippen LogP contribution >= 0.6 is 0 Å². The molecule has 2 rings (SSSR count). The SMILES string of the molecule is CNCC1CCN(C(=O)c2ccc[nH]c2=O)CC1. The zero-order valence-electron chi connectivity index (χ0n) is 10.6. The summed E-state index contributed by atoms with van der Waals surface area (Å²) in [5, 5.41) is 3.16. The van der Waals surface area contributed by atoms with Crippen molar-refractivity contribution in [1.29, 1.82) is 0 Å². The van der Waals surface area contributed by atoms with E-state index in [0.717, 1.165) is 32.5 Å². The number of pyridine rings is 1. The molecule has 1 aromatic rings. The maximum Gasteiger partial charge on any atom is 0.260 e. The van der Waals surface area contributed by atoms with E-state index in [1.807, 2.05) is 7.05 Å². The van der Waals surface area contributed by atoms with Crippen molar-refractivity contribution in [3.05, 3.63) is 34.2 Å². The van der Waals surface area contributed by atoms with Crippen molar-refractivity contribution >= 4 is 5.91 Å². The molecule has 0 aliphatic carbocycles. The zero-order valence-corrected chi connectivity index (χ0v) is 10.6. The number of aromatic amines is 1. The highest BCUT2D eigenvalue weighted by atomic mass is 16.2. The maximum atomic E-state index is 12.2. The Hall–Kier alpha value is -1.62. The summed E-state index contributed by atoms with van der Waals surface area (Å²) in [6, 6.07) is 3.27. The third kappa shape index (κ3) is 2.79. The number of nitrogens with one attached hydrogen (secondary N) is 2. The molecule has 0 aromatic carbocycles. The van der Waals surface area contributed by atoms with E-state index in [1.165, 1.54) is 6.20 Å². The second kappa shape index (κ2) is 5.82. The Labute approximate surface area is 106 Å². The molecule has 1 aliphatic rings. The first-order valence-electron chi connectivity index (χ1n) is 6.34. The van der Waals surface area contributed by atoms with E-state index >= 15 is 0 Å². The van der Waals surface area contributed by atoms with E-state index in [2.05, 4.69) is 10.3 Å². The van der Waals surface area contributed by atoms with Crippen LogP contribution in [0.25, 0.3) is 0 Å². The third-order valence-electron chi connectivity index (χ3n) is 3.44. The van der Waals surface area contributed by atoms with Crippen LogP contribution in [0.2, 0.25) is 0 Å². The van der Waals surface area contributed by atoms with E-state index in [9.17, 15) is 9.59 Å². The van der Waals surface area contributed by atoms with Crippen molar-refractivity contribution in [3.63, 3.8) is 0 Å². The van der Waals surface area contributed by atoms with E-state index in [1.54, 1.807) is 17.0 Å². The first kappa shape index (κ1) is 12.8. The van der Waals surface area contributed by atoms with Crippen molar-refractivity contribution in [2.75, 3.05) is 26.7 Å². The standard InChI is InChI=1S/C13H19N3O2/c1-14-9-10-4-7-16(8-5-10)13(18)11-3-2-6-15-12(11)17/h2-3,6,10,14H,4-5,7-9H2,1H3,(H,15,17). The summed E-state index contributed by atoms with van der Waals surface area (Å²) < 4.78 is 0. The molecular formula is C13H19N3O2. The molecule has 1 fully saturated rings. The average molecular weight is 249 g/mol. The smallest absolute Gasteiger partial charge is 0.260 e. The Kier molecular flexibility index (Phi) is 4.15. The number of carbonyl (C=O) groups is 1.